The second-order valence-corrected chi connectivity index (χ2v) is 4.45. The summed E-state index contributed by atoms with van der Waals surface area (Å²) in [7, 11) is 3.09. The molecule has 0 aliphatic carbocycles. The highest BCUT2D eigenvalue weighted by Gasteiger charge is 2.11. The van der Waals surface area contributed by atoms with Crippen LogP contribution >= 0.6 is 24.0 Å². The van der Waals surface area contributed by atoms with Gasteiger partial charge in [-0.2, -0.15) is 0 Å². The maximum Gasteiger partial charge on any atom is 0.222 e. The lowest BCUT2D eigenvalue weighted by molar-refractivity contribution is -0.123. The largest absolute Gasteiger partial charge is 0.495 e. The molecule has 0 heterocycles. The molecule has 0 fully saturated rings. The van der Waals surface area contributed by atoms with Gasteiger partial charge in [-0.15, -0.1) is 12.4 Å². The van der Waals surface area contributed by atoms with Gasteiger partial charge in [-0.3, -0.25) is 4.79 Å². The summed E-state index contributed by atoms with van der Waals surface area (Å²) in [5.41, 5.74) is 6.36. The maximum atomic E-state index is 11.6. The van der Waals surface area contributed by atoms with Crippen molar-refractivity contribution in [2.45, 2.75) is 19.1 Å². The number of rotatable bonds is 7. The lowest BCUT2D eigenvalue weighted by atomic mass is 10.2. The van der Waals surface area contributed by atoms with Crippen molar-refractivity contribution in [1.82, 2.24) is 5.32 Å². The van der Waals surface area contributed by atoms with Crippen molar-refractivity contribution in [3.05, 3.63) is 28.8 Å². The third kappa shape index (κ3) is 5.96. The summed E-state index contributed by atoms with van der Waals surface area (Å²) in [5, 5.41) is 3.31. The molecule has 1 aromatic rings. The van der Waals surface area contributed by atoms with Crippen LogP contribution in [0.15, 0.2) is 18.2 Å². The second kappa shape index (κ2) is 9.83. The molecule has 7 heteroatoms. The van der Waals surface area contributed by atoms with Gasteiger partial charge in [-0.1, -0.05) is 17.7 Å². The van der Waals surface area contributed by atoms with Crippen molar-refractivity contribution in [3.8, 4) is 5.75 Å². The molecule has 1 amide bonds. The predicted octanol–water partition coefficient (Wildman–Crippen LogP) is 1.75. The number of hydrogen-bond acceptors (Lipinski definition) is 4. The number of hydrogen-bond donors (Lipinski definition) is 2. The van der Waals surface area contributed by atoms with E-state index in [-0.39, 0.29) is 30.8 Å². The first kappa shape index (κ1) is 19.0. The number of ether oxygens (including phenoxy) is 2. The molecular weight excluding hydrogens is 303 g/mol. The highest BCUT2D eigenvalue weighted by molar-refractivity contribution is 6.32. The Bertz CT molecular complexity index is 426. The van der Waals surface area contributed by atoms with Crippen molar-refractivity contribution in [2.24, 2.45) is 5.73 Å². The highest BCUT2D eigenvalue weighted by atomic mass is 35.5. The van der Waals surface area contributed by atoms with E-state index in [0.29, 0.717) is 23.9 Å². The van der Waals surface area contributed by atoms with Crippen LogP contribution in [0.3, 0.4) is 0 Å². The molecule has 0 saturated carbocycles. The summed E-state index contributed by atoms with van der Waals surface area (Å²) >= 11 is 6.00. The summed E-state index contributed by atoms with van der Waals surface area (Å²) in [4.78, 5) is 11.6. The van der Waals surface area contributed by atoms with Gasteiger partial charge in [-0.05, 0) is 17.7 Å². The minimum atomic E-state index is -0.251. The number of methoxy groups -OCH3 is 2. The fourth-order valence-electron chi connectivity index (χ4n) is 1.56. The van der Waals surface area contributed by atoms with Crippen LogP contribution in [-0.2, 0) is 16.1 Å². The SMILES string of the molecule is COc1ccc(CNC(=O)CC(CN)OC)cc1Cl.Cl. The summed E-state index contributed by atoms with van der Waals surface area (Å²) in [6.45, 7) is 0.724. The number of nitrogens with one attached hydrogen (secondary N) is 1. The first-order valence-electron chi connectivity index (χ1n) is 5.92. The van der Waals surface area contributed by atoms with E-state index in [9.17, 15) is 4.79 Å². The van der Waals surface area contributed by atoms with Crippen LogP contribution in [0.2, 0.25) is 5.02 Å². The molecule has 0 bridgehead atoms. The van der Waals surface area contributed by atoms with Gasteiger partial charge in [0.2, 0.25) is 5.91 Å². The van der Waals surface area contributed by atoms with Gasteiger partial charge in [0.25, 0.3) is 0 Å². The minimum Gasteiger partial charge on any atom is -0.495 e. The van der Waals surface area contributed by atoms with Crippen molar-refractivity contribution in [3.63, 3.8) is 0 Å². The Labute approximate surface area is 130 Å². The van der Waals surface area contributed by atoms with Gasteiger partial charge in [0, 0.05) is 20.2 Å². The first-order valence-corrected chi connectivity index (χ1v) is 6.30. The zero-order valence-electron chi connectivity index (χ0n) is 11.5. The second-order valence-electron chi connectivity index (χ2n) is 4.04. The average molecular weight is 323 g/mol. The van der Waals surface area contributed by atoms with Crippen LogP contribution < -0.4 is 15.8 Å². The zero-order chi connectivity index (χ0) is 14.3. The summed E-state index contributed by atoms with van der Waals surface area (Å²) in [6, 6.07) is 5.38. The summed E-state index contributed by atoms with van der Waals surface area (Å²) in [5.74, 6) is 0.503. The van der Waals surface area contributed by atoms with Crippen LogP contribution in [0.1, 0.15) is 12.0 Å². The molecule has 1 rings (SSSR count). The topological polar surface area (TPSA) is 73.6 Å². The lowest BCUT2D eigenvalue weighted by Gasteiger charge is -2.13. The Kier molecular flexibility index (Phi) is 9.33. The van der Waals surface area contributed by atoms with E-state index < -0.39 is 0 Å². The van der Waals surface area contributed by atoms with Crippen molar-refractivity contribution >= 4 is 29.9 Å². The molecule has 0 spiro atoms. The molecule has 114 valence electrons. The molecule has 1 unspecified atom stereocenters. The molecule has 0 saturated heterocycles. The molecule has 20 heavy (non-hydrogen) atoms. The molecule has 3 N–H and O–H groups in total. The van der Waals surface area contributed by atoms with E-state index in [4.69, 9.17) is 26.8 Å². The van der Waals surface area contributed by atoms with E-state index in [0.717, 1.165) is 5.56 Å². The predicted molar refractivity (Wildman–Crippen MR) is 81.6 cm³/mol. The van der Waals surface area contributed by atoms with Gasteiger partial charge in [-0.25, -0.2) is 0 Å². The van der Waals surface area contributed by atoms with Crippen molar-refractivity contribution in [2.75, 3.05) is 20.8 Å². The van der Waals surface area contributed by atoms with Gasteiger partial charge >= 0.3 is 0 Å². The number of carbonyl (C=O) groups excluding carboxylic acids is 1. The van der Waals surface area contributed by atoms with Crippen LogP contribution in [0, 0.1) is 0 Å². The van der Waals surface area contributed by atoms with Crippen LogP contribution in [0.25, 0.3) is 0 Å². The normalized spacial score (nSPS) is 11.4. The van der Waals surface area contributed by atoms with Crippen LogP contribution in [-0.4, -0.2) is 32.8 Å². The Morgan fingerprint density at radius 1 is 1.45 bits per heavy atom. The van der Waals surface area contributed by atoms with Gasteiger partial charge in [0.1, 0.15) is 5.75 Å². The van der Waals surface area contributed by atoms with E-state index in [2.05, 4.69) is 5.32 Å². The fourth-order valence-corrected chi connectivity index (χ4v) is 1.84. The maximum absolute atomic E-state index is 11.6. The van der Waals surface area contributed by atoms with Gasteiger partial charge < -0.3 is 20.5 Å². The van der Waals surface area contributed by atoms with E-state index >= 15 is 0 Å². The zero-order valence-corrected chi connectivity index (χ0v) is 13.1. The van der Waals surface area contributed by atoms with Crippen molar-refractivity contribution < 1.29 is 14.3 Å². The number of nitrogens with two attached hydrogens (primary N) is 1. The fraction of sp³-hybridized carbons (Fsp3) is 0.462. The van der Waals surface area contributed by atoms with E-state index in [1.165, 1.54) is 7.11 Å². The molecule has 0 aliphatic heterocycles. The number of halogens is 2. The lowest BCUT2D eigenvalue weighted by Crippen LogP contribution is -2.31. The molecule has 0 aromatic heterocycles. The van der Waals surface area contributed by atoms with E-state index in [1.54, 1.807) is 19.2 Å². The Morgan fingerprint density at radius 2 is 2.15 bits per heavy atom. The molecule has 1 atom stereocenters. The standard InChI is InChI=1S/C13H19ClN2O3.ClH/c1-18-10(7-15)6-13(17)16-8-9-3-4-12(19-2)11(14)5-9;/h3-5,10H,6-8,15H2,1-2H3,(H,16,17);1H. The Hall–Kier alpha value is -1.01. The molecule has 0 radical (unpaired) electrons. The first-order chi connectivity index (χ1) is 9.10. The van der Waals surface area contributed by atoms with Gasteiger partial charge in [0.05, 0.1) is 24.7 Å². The van der Waals surface area contributed by atoms with Gasteiger partial charge in [0.15, 0.2) is 0 Å². The smallest absolute Gasteiger partial charge is 0.222 e. The minimum absolute atomic E-state index is 0. The van der Waals surface area contributed by atoms with Crippen LogP contribution in [0.4, 0.5) is 0 Å². The molecular formula is C13H20Cl2N2O3. The number of carbonyl (C=O) groups is 1. The Balaban J connectivity index is 0.00000361. The molecule has 1 aromatic carbocycles. The molecule has 0 aliphatic rings. The molecule has 5 nitrogen and oxygen atoms in total. The number of benzene rings is 1. The highest BCUT2D eigenvalue weighted by Crippen LogP contribution is 2.24. The Morgan fingerprint density at radius 3 is 2.65 bits per heavy atom. The quantitative estimate of drug-likeness (QED) is 0.802. The summed E-state index contributed by atoms with van der Waals surface area (Å²) in [6.07, 6.45) is -0.00359. The van der Waals surface area contributed by atoms with Crippen LogP contribution in [0.5, 0.6) is 5.75 Å². The van der Waals surface area contributed by atoms with Crippen molar-refractivity contribution in [1.29, 1.82) is 0 Å². The third-order valence-corrected chi connectivity index (χ3v) is 3.01. The van der Waals surface area contributed by atoms with E-state index in [1.807, 2.05) is 6.07 Å². The number of amides is 1. The summed E-state index contributed by atoms with van der Waals surface area (Å²) < 4.78 is 10.1. The average Bonchev–Trinajstić information content (AvgIpc) is 2.42. The third-order valence-electron chi connectivity index (χ3n) is 2.72. The monoisotopic (exact) mass is 322 g/mol.